The van der Waals surface area contributed by atoms with Crippen LogP contribution in [0.25, 0.3) is 5.57 Å². The third-order valence-electron chi connectivity index (χ3n) is 4.47. The Bertz CT molecular complexity index is 911. The normalized spacial score (nSPS) is 15.1. The van der Waals surface area contributed by atoms with E-state index in [0.717, 1.165) is 18.4 Å². The summed E-state index contributed by atoms with van der Waals surface area (Å²) in [5.41, 5.74) is 1.27. The summed E-state index contributed by atoms with van der Waals surface area (Å²) in [5.74, 6) is -1.37. The maximum atomic E-state index is 13.7. The first-order valence-corrected chi connectivity index (χ1v) is 9.78. The van der Waals surface area contributed by atoms with Crippen molar-refractivity contribution in [1.29, 1.82) is 0 Å². The summed E-state index contributed by atoms with van der Waals surface area (Å²) in [6, 6.07) is 1.86. The number of carbonyl (C=O) groups is 1. The fourth-order valence-corrected chi connectivity index (χ4v) is 3.33. The molecule has 1 aliphatic carbocycles. The highest BCUT2D eigenvalue weighted by Gasteiger charge is 2.19. The van der Waals surface area contributed by atoms with Crippen LogP contribution < -0.4 is 5.32 Å². The van der Waals surface area contributed by atoms with Gasteiger partial charge in [0.25, 0.3) is 5.91 Å². The van der Waals surface area contributed by atoms with Gasteiger partial charge in [0.2, 0.25) is 5.89 Å². The van der Waals surface area contributed by atoms with E-state index in [1.54, 1.807) is 18.7 Å². The monoisotopic (exact) mass is 390 g/mol. The van der Waals surface area contributed by atoms with Gasteiger partial charge in [-0.05, 0) is 61.6 Å². The molecular formula is C20H20F2N2O2S. The Morgan fingerprint density at radius 2 is 2.04 bits per heavy atom. The Labute approximate surface area is 160 Å². The Balaban J connectivity index is 1.73. The standard InChI is InChI=1S/C20H20F2N2O2S/c1-11-16(21)8-14(9-17(11)22)12(2)23-19(25)18-10-26-20(24-18)13-5-4-6-15(7-13)27-3/h5,7-10,12H,4,6H2,1-3H3,(H,23,25). The number of hydrogen-bond donors (Lipinski definition) is 1. The van der Waals surface area contributed by atoms with Crippen LogP contribution in [0.5, 0.6) is 0 Å². The SMILES string of the molecule is CSC1=CC(c2nc(C(=O)NC(C)c3cc(F)c(C)c(F)c3)co2)=CCC1. The second-order valence-electron chi connectivity index (χ2n) is 6.36. The predicted molar refractivity (Wildman–Crippen MR) is 102 cm³/mol. The molecule has 0 saturated carbocycles. The van der Waals surface area contributed by atoms with Crippen molar-refractivity contribution in [2.75, 3.05) is 6.26 Å². The predicted octanol–water partition coefficient (Wildman–Crippen LogP) is 5.18. The van der Waals surface area contributed by atoms with Gasteiger partial charge in [0.05, 0.1) is 6.04 Å². The highest BCUT2D eigenvalue weighted by Crippen LogP contribution is 2.30. The molecular weight excluding hydrogens is 370 g/mol. The summed E-state index contributed by atoms with van der Waals surface area (Å²) in [5, 5.41) is 2.69. The summed E-state index contributed by atoms with van der Waals surface area (Å²) in [6.45, 7) is 3.02. The maximum Gasteiger partial charge on any atom is 0.273 e. The number of oxazole rings is 1. The molecule has 1 amide bonds. The van der Waals surface area contributed by atoms with Gasteiger partial charge in [0, 0.05) is 11.1 Å². The molecule has 0 spiro atoms. The zero-order chi connectivity index (χ0) is 19.6. The van der Waals surface area contributed by atoms with Gasteiger partial charge in [-0.3, -0.25) is 4.79 Å². The van der Waals surface area contributed by atoms with Gasteiger partial charge in [-0.1, -0.05) is 6.08 Å². The van der Waals surface area contributed by atoms with Crippen molar-refractivity contribution in [3.63, 3.8) is 0 Å². The minimum absolute atomic E-state index is 0.0446. The van der Waals surface area contributed by atoms with Gasteiger partial charge in [-0.25, -0.2) is 13.8 Å². The van der Waals surface area contributed by atoms with Crippen LogP contribution in [0.1, 0.15) is 53.3 Å². The van der Waals surface area contributed by atoms with E-state index in [0.29, 0.717) is 11.5 Å². The number of hydrogen-bond acceptors (Lipinski definition) is 4. The summed E-state index contributed by atoms with van der Waals surface area (Å²) >= 11 is 1.68. The van der Waals surface area contributed by atoms with Crippen molar-refractivity contribution in [2.45, 2.75) is 32.7 Å². The van der Waals surface area contributed by atoms with Gasteiger partial charge in [-0.15, -0.1) is 11.8 Å². The zero-order valence-corrected chi connectivity index (χ0v) is 16.1. The Morgan fingerprint density at radius 1 is 1.33 bits per heavy atom. The Kier molecular flexibility index (Phi) is 5.79. The lowest BCUT2D eigenvalue weighted by molar-refractivity contribution is 0.0934. The first-order chi connectivity index (χ1) is 12.9. The largest absolute Gasteiger partial charge is 0.444 e. The van der Waals surface area contributed by atoms with E-state index in [4.69, 9.17) is 4.42 Å². The molecule has 0 saturated heterocycles. The third kappa shape index (κ3) is 4.30. The molecule has 7 heteroatoms. The fraction of sp³-hybridized carbons (Fsp3) is 0.300. The molecule has 1 aliphatic rings. The number of aromatic nitrogens is 1. The number of thioether (sulfide) groups is 1. The molecule has 2 aromatic rings. The summed E-state index contributed by atoms with van der Waals surface area (Å²) < 4.78 is 32.9. The third-order valence-corrected chi connectivity index (χ3v) is 5.31. The molecule has 3 rings (SSSR count). The van der Waals surface area contributed by atoms with Crippen molar-refractivity contribution in [3.05, 3.63) is 69.8 Å². The van der Waals surface area contributed by atoms with Crippen molar-refractivity contribution in [2.24, 2.45) is 0 Å². The second-order valence-corrected chi connectivity index (χ2v) is 7.29. The smallest absolute Gasteiger partial charge is 0.273 e. The van der Waals surface area contributed by atoms with Gasteiger partial charge in [0.15, 0.2) is 5.69 Å². The molecule has 1 aromatic carbocycles. The van der Waals surface area contributed by atoms with E-state index in [9.17, 15) is 13.6 Å². The number of nitrogens with zero attached hydrogens (tertiary/aromatic N) is 1. The van der Waals surface area contributed by atoms with E-state index in [-0.39, 0.29) is 11.3 Å². The van der Waals surface area contributed by atoms with E-state index in [2.05, 4.69) is 10.3 Å². The molecule has 1 N–H and O–H groups in total. The number of amides is 1. The van der Waals surface area contributed by atoms with Crippen LogP contribution in [0.15, 0.2) is 39.9 Å². The Morgan fingerprint density at radius 3 is 2.70 bits per heavy atom. The molecule has 0 radical (unpaired) electrons. The van der Waals surface area contributed by atoms with Crippen LogP contribution in [0.2, 0.25) is 0 Å². The molecule has 0 bridgehead atoms. The molecule has 1 aromatic heterocycles. The summed E-state index contributed by atoms with van der Waals surface area (Å²) in [7, 11) is 0. The molecule has 142 valence electrons. The fourth-order valence-electron chi connectivity index (χ4n) is 2.76. The average molecular weight is 390 g/mol. The van der Waals surface area contributed by atoms with Gasteiger partial charge >= 0.3 is 0 Å². The number of allylic oxidation sites excluding steroid dienone is 4. The number of carbonyl (C=O) groups excluding carboxylic acids is 1. The van der Waals surface area contributed by atoms with Crippen LogP contribution in [0, 0.1) is 18.6 Å². The quantitative estimate of drug-likeness (QED) is 0.765. The number of nitrogens with one attached hydrogen (secondary N) is 1. The van der Waals surface area contributed by atoms with Gasteiger partial charge in [0.1, 0.15) is 17.9 Å². The van der Waals surface area contributed by atoms with Crippen LogP contribution in [0.3, 0.4) is 0 Å². The lowest BCUT2D eigenvalue weighted by atomic mass is 10.1. The van der Waals surface area contributed by atoms with E-state index < -0.39 is 23.6 Å². The van der Waals surface area contributed by atoms with Crippen molar-refractivity contribution < 1.29 is 18.0 Å². The lowest BCUT2D eigenvalue weighted by Crippen LogP contribution is -2.27. The molecule has 27 heavy (non-hydrogen) atoms. The van der Waals surface area contributed by atoms with E-state index in [1.807, 2.05) is 18.4 Å². The average Bonchev–Trinajstić information content (AvgIpc) is 3.16. The van der Waals surface area contributed by atoms with E-state index >= 15 is 0 Å². The molecule has 1 heterocycles. The van der Waals surface area contributed by atoms with E-state index in [1.165, 1.54) is 30.2 Å². The zero-order valence-electron chi connectivity index (χ0n) is 15.3. The summed E-state index contributed by atoms with van der Waals surface area (Å²) in [4.78, 5) is 17.9. The van der Waals surface area contributed by atoms with Crippen LogP contribution in [0.4, 0.5) is 8.78 Å². The van der Waals surface area contributed by atoms with Crippen molar-refractivity contribution in [3.8, 4) is 0 Å². The van der Waals surface area contributed by atoms with Crippen LogP contribution in [-0.4, -0.2) is 17.1 Å². The molecule has 1 atom stereocenters. The molecule has 4 nitrogen and oxygen atoms in total. The highest BCUT2D eigenvalue weighted by atomic mass is 32.2. The van der Waals surface area contributed by atoms with Gasteiger partial charge in [-0.2, -0.15) is 0 Å². The Hall–Kier alpha value is -2.41. The number of rotatable bonds is 5. The highest BCUT2D eigenvalue weighted by molar-refractivity contribution is 8.02. The first kappa shape index (κ1) is 19.4. The van der Waals surface area contributed by atoms with Gasteiger partial charge < -0.3 is 9.73 Å². The van der Waals surface area contributed by atoms with Crippen LogP contribution in [-0.2, 0) is 0 Å². The van der Waals surface area contributed by atoms with Crippen molar-refractivity contribution >= 4 is 23.2 Å². The minimum Gasteiger partial charge on any atom is -0.444 e. The molecule has 1 unspecified atom stereocenters. The number of benzene rings is 1. The maximum absolute atomic E-state index is 13.7. The van der Waals surface area contributed by atoms with Crippen molar-refractivity contribution in [1.82, 2.24) is 10.3 Å². The van der Waals surface area contributed by atoms with Crippen LogP contribution >= 0.6 is 11.8 Å². The minimum atomic E-state index is -0.643. The molecule has 0 fully saturated rings. The topological polar surface area (TPSA) is 55.1 Å². The second kappa shape index (κ2) is 8.08. The number of halogens is 2. The first-order valence-electron chi connectivity index (χ1n) is 8.56. The summed E-state index contributed by atoms with van der Waals surface area (Å²) in [6.07, 6.45) is 9.21. The lowest BCUT2D eigenvalue weighted by Gasteiger charge is -2.14. The molecule has 0 aliphatic heterocycles.